The molecule has 2 aromatic rings. The highest BCUT2D eigenvalue weighted by Gasteiger charge is 2.30. The zero-order chi connectivity index (χ0) is 12.7. The third-order valence-corrected chi connectivity index (χ3v) is 3.44. The van der Waals surface area contributed by atoms with Crippen LogP contribution in [0, 0.1) is 0 Å². The van der Waals surface area contributed by atoms with Crippen molar-refractivity contribution < 1.29 is 9.53 Å². The van der Waals surface area contributed by atoms with Crippen LogP contribution in [0.2, 0.25) is 0 Å². The highest BCUT2D eigenvalue weighted by Crippen LogP contribution is 2.37. The molecule has 4 nitrogen and oxygen atoms in total. The summed E-state index contributed by atoms with van der Waals surface area (Å²) in [6, 6.07) is 7.37. The Morgan fingerprint density at radius 2 is 2.11 bits per heavy atom. The van der Waals surface area contributed by atoms with Crippen molar-refractivity contribution in [3.8, 4) is 5.75 Å². The summed E-state index contributed by atoms with van der Waals surface area (Å²) >= 11 is 0. The third-order valence-electron chi connectivity index (χ3n) is 3.44. The van der Waals surface area contributed by atoms with Crippen LogP contribution in [0.25, 0.3) is 10.9 Å². The molecule has 1 unspecified atom stereocenters. The molecule has 18 heavy (non-hydrogen) atoms. The van der Waals surface area contributed by atoms with Gasteiger partial charge in [-0.15, -0.1) is 0 Å². The Balaban J connectivity index is 2.39. The lowest BCUT2D eigenvalue weighted by Gasteiger charge is -2.23. The quantitative estimate of drug-likeness (QED) is 0.782. The van der Waals surface area contributed by atoms with E-state index >= 15 is 0 Å². The van der Waals surface area contributed by atoms with Gasteiger partial charge in [-0.05, 0) is 18.6 Å². The molecular weight excluding hydrogens is 230 g/mol. The summed E-state index contributed by atoms with van der Waals surface area (Å²) in [7, 11) is 0. The molecule has 2 heterocycles. The Morgan fingerprint density at radius 3 is 2.89 bits per heavy atom. The fourth-order valence-electron chi connectivity index (χ4n) is 2.52. The van der Waals surface area contributed by atoms with Crippen molar-refractivity contribution in [2.24, 2.45) is 0 Å². The topological polar surface area (TPSA) is 59.2 Å². The second-order valence-electron chi connectivity index (χ2n) is 4.53. The van der Waals surface area contributed by atoms with Gasteiger partial charge in [0.2, 0.25) is 0 Å². The summed E-state index contributed by atoms with van der Waals surface area (Å²) in [6.07, 6.45) is 1.04. The second kappa shape index (κ2) is 3.98. The molecular formula is C14H13NO3. The number of para-hydroxylation sites is 1. The van der Waals surface area contributed by atoms with Gasteiger partial charge in [0, 0.05) is 11.3 Å². The molecule has 0 aliphatic carbocycles. The van der Waals surface area contributed by atoms with Crippen molar-refractivity contribution in [3.63, 3.8) is 0 Å². The van der Waals surface area contributed by atoms with Crippen LogP contribution in [-0.4, -0.2) is 11.0 Å². The van der Waals surface area contributed by atoms with Crippen LogP contribution in [0.1, 0.15) is 31.2 Å². The van der Waals surface area contributed by atoms with E-state index in [2.05, 4.69) is 4.98 Å². The van der Waals surface area contributed by atoms with Gasteiger partial charge in [0.05, 0.1) is 17.5 Å². The van der Waals surface area contributed by atoms with Crippen LogP contribution < -0.4 is 10.3 Å². The standard InChI is InChI=1S/C14H13NO3/c1-2-8-7-11(16)18-13-9-5-3-4-6-10(9)15-14(17)12(8)13/h3-6,8H,2,7H2,1H3,(H,15,17). The minimum atomic E-state index is -0.259. The van der Waals surface area contributed by atoms with E-state index in [0.29, 0.717) is 16.8 Å². The molecule has 1 aliphatic heterocycles. The Morgan fingerprint density at radius 1 is 1.33 bits per heavy atom. The molecule has 0 spiro atoms. The molecule has 0 bridgehead atoms. The molecule has 0 amide bonds. The predicted octanol–water partition coefficient (Wildman–Crippen LogP) is 2.33. The first-order valence-electron chi connectivity index (χ1n) is 6.06. The lowest BCUT2D eigenvalue weighted by atomic mass is 9.90. The Bertz CT molecular complexity index is 687. The summed E-state index contributed by atoms with van der Waals surface area (Å²) in [5.41, 5.74) is 1.16. The normalized spacial score (nSPS) is 18.5. The highest BCUT2D eigenvalue weighted by atomic mass is 16.5. The van der Waals surface area contributed by atoms with E-state index in [1.54, 1.807) is 6.07 Å². The third kappa shape index (κ3) is 1.53. The van der Waals surface area contributed by atoms with E-state index in [-0.39, 0.29) is 23.9 Å². The SMILES string of the molecule is CCC1CC(=O)Oc2c1c(=O)[nH]c1ccccc21. The van der Waals surface area contributed by atoms with Gasteiger partial charge in [0.1, 0.15) is 5.75 Å². The number of carbonyl (C=O) groups excluding carboxylic acids is 1. The van der Waals surface area contributed by atoms with Crippen LogP contribution >= 0.6 is 0 Å². The van der Waals surface area contributed by atoms with Gasteiger partial charge in [-0.2, -0.15) is 0 Å². The molecule has 1 atom stereocenters. The number of rotatable bonds is 1. The summed E-state index contributed by atoms with van der Waals surface area (Å²) in [6.45, 7) is 1.97. The minimum Gasteiger partial charge on any atom is -0.425 e. The van der Waals surface area contributed by atoms with Gasteiger partial charge in [-0.25, -0.2) is 0 Å². The Labute approximate surface area is 104 Å². The molecule has 0 fully saturated rings. The number of hydrogen-bond donors (Lipinski definition) is 1. The summed E-state index contributed by atoms with van der Waals surface area (Å²) in [5, 5.41) is 0.790. The molecule has 3 rings (SSSR count). The zero-order valence-electron chi connectivity index (χ0n) is 10.0. The molecule has 0 radical (unpaired) electrons. The van der Waals surface area contributed by atoms with Gasteiger partial charge >= 0.3 is 5.97 Å². The Kier molecular flexibility index (Phi) is 2.44. The molecule has 1 aliphatic rings. The number of fused-ring (bicyclic) bond motifs is 3. The number of nitrogens with one attached hydrogen (secondary N) is 1. The number of esters is 1. The van der Waals surface area contributed by atoms with E-state index in [0.717, 1.165) is 11.8 Å². The summed E-state index contributed by atoms with van der Waals surface area (Å²) < 4.78 is 5.30. The average Bonchev–Trinajstić information content (AvgIpc) is 2.37. The number of H-pyrrole nitrogens is 1. The van der Waals surface area contributed by atoms with Crippen LogP contribution in [-0.2, 0) is 4.79 Å². The fourth-order valence-corrected chi connectivity index (χ4v) is 2.52. The molecule has 0 saturated heterocycles. The number of ether oxygens (including phenoxy) is 1. The molecule has 92 valence electrons. The van der Waals surface area contributed by atoms with Crippen molar-refractivity contribution in [2.45, 2.75) is 25.7 Å². The maximum absolute atomic E-state index is 12.1. The molecule has 1 N–H and O–H groups in total. The average molecular weight is 243 g/mol. The number of benzene rings is 1. The van der Waals surface area contributed by atoms with Crippen molar-refractivity contribution in [2.75, 3.05) is 0 Å². The van der Waals surface area contributed by atoms with E-state index in [1.807, 2.05) is 25.1 Å². The van der Waals surface area contributed by atoms with Crippen molar-refractivity contribution >= 4 is 16.9 Å². The van der Waals surface area contributed by atoms with Crippen LogP contribution in [0.5, 0.6) is 5.75 Å². The number of hydrogen-bond acceptors (Lipinski definition) is 3. The van der Waals surface area contributed by atoms with Crippen LogP contribution in [0.4, 0.5) is 0 Å². The number of aromatic nitrogens is 1. The second-order valence-corrected chi connectivity index (χ2v) is 4.53. The van der Waals surface area contributed by atoms with Gasteiger partial charge in [0.25, 0.3) is 5.56 Å². The van der Waals surface area contributed by atoms with E-state index < -0.39 is 0 Å². The highest BCUT2D eigenvalue weighted by molar-refractivity contribution is 5.90. The zero-order valence-corrected chi connectivity index (χ0v) is 10.0. The summed E-state index contributed by atoms with van der Waals surface area (Å²) in [5.74, 6) is 0.136. The van der Waals surface area contributed by atoms with Crippen LogP contribution in [0.15, 0.2) is 29.1 Å². The number of aromatic amines is 1. The van der Waals surface area contributed by atoms with E-state index in [1.165, 1.54) is 0 Å². The van der Waals surface area contributed by atoms with E-state index in [9.17, 15) is 9.59 Å². The van der Waals surface area contributed by atoms with Crippen LogP contribution in [0.3, 0.4) is 0 Å². The smallest absolute Gasteiger partial charge is 0.311 e. The lowest BCUT2D eigenvalue weighted by Crippen LogP contribution is -2.27. The van der Waals surface area contributed by atoms with Gasteiger partial charge in [0.15, 0.2) is 0 Å². The maximum atomic E-state index is 12.1. The van der Waals surface area contributed by atoms with Gasteiger partial charge < -0.3 is 9.72 Å². The predicted molar refractivity (Wildman–Crippen MR) is 67.9 cm³/mol. The number of pyridine rings is 1. The largest absolute Gasteiger partial charge is 0.425 e. The first kappa shape index (κ1) is 11.0. The Hall–Kier alpha value is -2.10. The van der Waals surface area contributed by atoms with Gasteiger partial charge in [-0.3, -0.25) is 9.59 Å². The number of carbonyl (C=O) groups is 1. The first-order chi connectivity index (χ1) is 8.70. The molecule has 0 saturated carbocycles. The maximum Gasteiger partial charge on any atom is 0.311 e. The van der Waals surface area contributed by atoms with Crippen molar-refractivity contribution in [1.29, 1.82) is 0 Å². The minimum absolute atomic E-state index is 0.0467. The first-order valence-corrected chi connectivity index (χ1v) is 6.06. The summed E-state index contributed by atoms with van der Waals surface area (Å²) in [4.78, 5) is 26.6. The fraction of sp³-hybridized carbons (Fsp3) is 0.286. The lowest BCUT2D eigenvalue weighted by molar-refractivity contribution is -0.135. The molecule has 1 aromatic heterocycles. The molecule has 4 heteroatoms. The molecule has 1 aromatic carbocycles. The van der Waals surface area contributed by atoms with E-state index in [4.69, 9.17) is 4.74 Å². The van der Waals surface area contributed by atoms with Crippen molar-refractivity contribution in [3.05, 3.63) is 40.2 Å². The monoisotopic (exact) mass is 243 g/mol. The van der Waals surface area contributed by atoms with Gasteiger partial charge in [-0.1, -0.05) is 19.1 Å². The van der Waals surface area contributed by atoms with Crippen molar-refractivity contribution in [1.82, 2.24) is 4.98 Å².